The summed E-state index contributed by atoms with van der Waals surface area (Å²) in [4.78, 5) is 4.15. The van der Waals surface area contributed by atoms with E-state index in [2.05, 4.69) is 4.99 Å². The fourth-order valence-electron chi connectivity index (χ4n) is 1.00. The number of aliphatic imine (C=N–C) groups is 1. The summed E-state index contributed by atoms with van der Waals surface area (Å²) in [7, 11) is 1.87. The van der Waals surface area contributed by atoms with E-state index < -0.39 is 0 Å². The molecule has 1 aliphatic heterocycles. The zero-order chi connectivity index (χ0) is 6.27. The van der Waals surface area contributed by atoms with E-state index in [0.29, 0.717) is 5.73 Å². The Morgan fingerprint density at radius 2 is 2.44 bits per heavy atom. The van der Waals surface area contributed by atoms with Gasteiger partial charge in [-0.3, -0.25) is 4.99 Å². The van der Waals surface area contributed by atoms with Crippen LogP contribution in [-0.2, 0) is 0 Å². The molecule has 9 heavy (non-hydrogen) atoms. The fraction of sp³-hybridized carbons (Fsp3) is 0.500. The van der Waals surface area contributed by atoms with Gasteiger partial charge in [-0.2, -0.15) is 0 Å². The van der Waals surface area contributed by atoms with Gasteiger partial charge in [-0.15, -0.1) is 0 Å². The minimum Gasteiger partial charge on any atom is -0.395 e. The molecular formula is C6H8BN2. The first kappa shape index (κ1) is 5.09. The lowest BCUT2D eigenvalue weighted by Crippen LogP contribution is -2.14. The predicted molar refractivity (Wildman–Crippen MR) is 38.2 cm³/mol. The summed E-state index contributed by atoms with van der Waals surface area (Å²) in [5.74, 6) is 2.76. The van der Waals surface area contributed by atoms with E-state index in [9.17, 15) is 0 Å². The smallest absolute Gasteiger partial charge is 0.232 e. The van der Waals surface area contributed by atoms with Crippen LogP contribution in [0.2, 0.25) is 0 Å². The van der Waals surface area contributed by atoms with Crippen molar-refractivity contribution >= 4 is 13.0 Å². The first-order chi connectivity index (χ1) is 4.36. The van der Waals surface area contributed by atoms with Gasteiger partial charge in [0.2, 0.25) is 7.28 Å². The van der Waals surface area contributed by atoms with Crippen molar-refractivity contribution in [1.29, 1.82) is 0 Å². The highest BCUT2D eigenvalue weighted by molar-refractivity contribution is 6.79. The Morgan fingerprint density at radius 3 is 2.89 bits per heavy atom. The highest BCUT2D eigenvalue weighted by atomic mass is 14.9. The van der Waals surface area contributed by atoms with Gasteiger partial charge in [-0.1, -0.05) is 5.98 Å². The maximum absolute atomic E-state index is 5.43. The van der Waals surface area contributed by atoms with E-state index in [-0.39, 0.29) is 0 Å². The predicted octanol–water partition coefficient (Wildman–Crippen LogP) is 0.270. The van der Waals surface area contributed by atoms with E-state index in [4.69, 9.17) is 5.73 Å². The molecule has 0 aromatic rings. The van der Waals surface area contributed by atoms with Gasteiger partial charge in [0.05, 0.1) is 5.73 Å². The molecule has 45 valence electrons. The van der Waals surface area contributed by atoms with Gasteiger partial charge < -0.3 is 5.73 Å². The molecule has 2 aliphatic rings. The van der Waals surface area contributed by atoms with Crippen molar-refractivity contribution in [2.24, 2.45) is 16.6 Å². The summed E-state index contributed by atoms with van der Waals surface area (Å²) >= 11 is 0. The standard InChI is InChI=1S/C6H8BN2/c8-6-7-3-5(9-6)4-1-2-4/h3-4H,1-2H2,(H2,8,9). The molecular weight excluding hydrogens is 111 g/mol. The van der Waals surface area contributed by atoms with Crippen LogP contribution in [0.4, 0.5) is 0 Å². The van der Waals surface area contributed by atoms with Crippen LogP contribution in [0.15, 0.2) is 16.7 Å². The molecule has 1 radical (unpaired) electrons. The van der Waals surface area contributed by atoms with Crippen molar-refractivity contribution in [2.75, 3.05) is 0 Å². The molecule has 2 N–H and O–H groups in total. The number of rotatable bonds is 1. The van der Waals surface area contributed by atoms with Crippen molar-refractivity contribution in [3.63, 3.8) is 0 Å². The third-order valence-corrected chi connectivity index (χ3v) is 1.68. The third-order valence-electron chi connectivity index (χ3n) is 1.68. The van der Waals surface area contributed by atoms with Gasteiger partial charge in [-0.25, -0.2) is 0 Å². The largest absolute Gasteiger partial charge is 0.395 e. The van der Waals surface area contributed by atoms with Gasteiger partial charge in [-0.05, 0) is 12.8 Å². The van der Waals surface area contributed by atoms with Crippen LogP contribution in [-0.4, -0.2) is 13.0 Å². The lowest BCUT2D eigenvalue weighted by molar-refractivity contribution is 0.990. The number of hydrogen-bond donors (Lipinski definition) is 1. The summed E-state index contributed by atoms with van der Waals surface area (Å²) in [6.07, 6.45) is 2.60. The molecule has 1 aliphatic carbocycles. The van der Waals surface area contributed by atoms with E-state index in [1.165, 1.54) is 18.5 Å². The van der Waals surface area contributed by atoms with E-state index >= 15 is 0 Å². The van der Waals surface area contributed by atoms with Crippen LogP contribution in [0.25, 0.3) is 0 Å². The van der Waals surface area contributed by atoms with Crippen molar-refractivity contribution < 1.29 is 0 Å². The van der Waals surface area contributed by atoms with Gasteiger partial charge in [0.1, 0.15) is 0 Å². The second-order valence-corrected chi connectivity index (χ2v) is 2.57. The normalized spacial score (nSPS) is 24.9. The van der Waals surface area contributed by atoms with Gasteiger partial charge in [0.25, 0.3) is 0 Å². The molecule has 3 heteroatoms. The molecule has 2 rings (SSSR count). The molecule has 1 saturated carbocycles. The Hall–Kier alpha value is -0.725. The van der Waals surface area contributed by atoms with Gasteiger partial charge in [0, 0.05) is 11.6 Å². The lowest BCUT2D eigenvalue weighted by atomic mass is 9.78. The number of hydrogen-bond acceptors (Lipinski definition) is 2. The SMILES string of the molecule is NC1=NC(C2CC2)=C[B]1. The van der Waals surface area contributed by atoms with Crippen LogP contribution in [0, 0.1) is 5.92 Å². The summed E-state index contributed by atoms with van der Waals surface area (Å²) < 4.78 is 0. The Morgan fingerprint density at radius 1 is 1.67 bits per heavy atom. The fourth-order valence-corrected chi connectivity index (χ4v) is 1.00. The molecule has 0 aromatic carbocycles. The molecule has 2 nitrogen and oxygen atoms in total. The Balaban J connectivity index is 2.12. The molecule has 0 spiro atoms. The maximum Gasteiger partial charge on any atom is 0.232 e. The molecule has 0 saturated heterocycles. The van der Waals surface area contributed by atoms with Crippen molar-refractivity contribution in [2.45, 2.75) is 12.8 Å². The summed E-state index contributed by atoms with van der Waals surface area (Å²) in [6.45, 7) is 0. The molecule has 0 atom stereocenters. The molecule has 1 fully saturated rings. The molecule has 0 bridgehead atoms. The third kappa shape index (κ3) is 0.868. The van der Waals surface area contributed by atoms with Crippen molar-refractivity contribution in [3.8, 4) is 0 Å². The minimum atomic E-state index is 0.664. The zero-order valence-electron chi connectivity index (χ0n) is 5.17. The molecule has 0 amide bonds. The Bertz CT molecular complexity index is 191. The second-order valence-electron chi connectivity index (χ2n) is 2.57. The topological polar surface area (TPSA) is 38.4 Å². The first-order valence-corrected chi connectivity index (χ1v) is 3.25. The average Bonchev–Trinajstić information content (AvgIpc) is 2.58. The quantitative estimate of drug-likeness (QED) is 0.494. The minimum absolute atomic E-state index is 0.664. The number of nitrogens with two attached hydrogens (primary N) is 1. The number of allylic oxidation sites excluding steroid dienone is 1. The van der Waals surface area contributed by atoms with E-state index in [0.717, 1.165) is 5.92 Å². The van der Waals surface area contributed by atoms with E-state index in [1.807, 2.05) is 13.3 Å². The second kappa shape index (κ2) is 1.63. The highest BCUT2D eigenvalue weighted by Gasteiger charge is 2.27. The summed E-state index contributed by atoms with van der Waals surface area (Å²) in [5, 5.41) is 0. The van der Waals surface area contributed by atoms with Crippen LogP contribution in [0.1, 0.15) is 12.8 Å². The monoisotopic (exact) mass is 119 g/mol. The van der Waals surface area contributed by atoms with Crippen LogP contribution in [0.3, 0.4) is 0 Å². The maximum atomic E-state index is 5.43. The zero-order valence-corrected chi connectivity index (χ0v) is 5.17. The first-order valence-electron chi connectivity index (χ1n) is 3.25. The number of amidine groups is 1. The van der Waals surface area contributed by atoms with Crippen molar-refractivity contribution in [1.82, 2.24) is 0 Å². The average molecular weight is 119 g/mol. The Labute approximate surface area is 55.1 Å². The molecule has 1 heterocycles. The molecule has 0 unspecified atom stereocenters. The number of nitrogens with zero attached hydrogens (tertiary/aromatic N) is 1. The summed E-state index contributed by atoms with van der Waals surface area (Å²) in [5.41, 5.74) is 7.28. The van der Waals surface area contributed by atoms with Gasteiger partial charge in [0.15, 0.2) is 0 Å². The lowest BCUT2D eigenvalue weighted by Gasteiger charge is -1.89. The van der Waals surface area contributed by atoms with Crippen LogP contribution in [0.5, 0.6) is 0 Å². The van der Waals surface area contributed by atoms with Gasteiger partial charge >= 0.3 is 0 Å². The van der Waals surface area contributed by atoms with Crippen LogP contribution >= 0.6 is 0 Å². The van der Waals surface area contributed by atoms with Crippen molar-refractivity contribution in [3.05, 3.63) is 11.7 Å². The molecule has 0 aromatic heterocycles. The Kier molecular flexibility index (Phi) is 0.919. The van der Waals surface area contributed by atoms with Crippen LogP contribution < -0.4 is 5.73 Å². The summed E-state index contributed by atoms with van der Waals surface area (Å²) in [6, 6.07) is 0. The highest BCUT2D eigenvalue weighted by Crippen LogP contribution is 2.37. The van der Waals surface area contributed by atoms with E-state index in [1.54, 1.807) is 0 Å².